The van der Waals surface area contributed by atoms with Crippen LogP contribution in [0, 0.1) is 6.92 Å². The zero-order valence-corrected chi connectivity index (χ0v) is 10.0. The van der Waals surface area contributed by atoms with E-state index >= 15 is 0 Å². The van der Waals surface area contributed by atoms with Crippen LogP contribution in [0.25, 0.3) is 0 Å². The van der Waals surface area contributed by atoms with Crippen molar-refractivity contribution < 1.29 is 0 Å². The SMILES string of the molecule is Cc1cncc(C(C)Cc2ccnn2C)c1. The summed E-state index contributed by atoms with van der Waals surface area (Å²) in [5.74, 6) is 0.475. The molecule has 2 aromatic rings. The van der Waals surface area contributed by atoms with Gasteiger partial charge in [-0.3, -0.25) is 9.67 Å². The summed E-state index contributed by atoms with van der Waals surface area (Å²) in [5, 5.41) is 4.18. The molecule has 0 radical (unpaired) electrons. The molecule has 3 heteroatoms. The molecular weight excluding hydrogens is 198 g/mol. The van der Waals surface area contributed by atoms with Crippen LogP contribution in [0.5, 0.6) is 0 Å². The Morgan fingerprint density at radius 3 is 2.81 bits per heavy atom. The quantitative estimate of drug-likeness (QED) is 0.787. The Labute approximate surface area is 96.1 Å². The summed E-state index contributed by atoms with van der Waals surface area (Å²) in [6, 6.07) is 4.27. The van der Waals surface area contributed by atoms with Crippen LogP contribution < -0.4 is 0 Å². The smallest absolute Gasteiger partial charge is 0.0492 e. The van der Waals surface area contributed by atoms with Crippen LogP contribution in [-0.4, -0.2) is 14.8 Å². The highest BCUT2D eigenvalue weighted by Crippen LogP contribution is 2.19. The van der Waals surface area contributed by atoms with Crippen LogP contribution in [0.4, 0.5) is 0 Å². The summed E-state index contributed by atoms with van der Waals surface area (Å²) in [6.45, 7) is 4.30. The van der Waals surface area contributed by atoms with Gasteiger partial charge in [0.25, 0.3) is 0 Å². The molecule has 2 aromatic heterocycles. The average molecular weight is 215 g/mol. The Morgan fingerprint density at radius 1 is 1.38 bits per heavy atom. The minimum Gasteiger partial charge on any atom is -0.273 e. The highest BCUT2D eigenvalue weighted by Gasteiger charge is 2.09. The average Bonchev–Trinajstić information content (AvgIpc) is 2.64. The third kappa shape index (κ3) is 2.30. The molecule has 0 N–H and O–H groups in total. The number of rotatable bonds is 3. The molecule has 84 valence electrons. The lowest BCUT2D eigenvalue weighted by atomic mass is 9.97. The Balaban J connectivity index is 2.14. The Kier molecular flexibility index (Phi) is 3.04. The summed E-state index contributed by atoms with van der Waals surface area (Å²) in [7, 11) is 1.98. The van der Waals surface area contributed by atoms with E-state index in [1.807, 2.05) is 30.3 Å². The van der Waals surface area contributed by atoms with Crippen LogP contribution in [0.15, 0.2) is 30.7 Å². The van der Waals surface area contributed by atoms with Gasteiger partial charge in [0, 0.05) is 31.3 Å². The largest absolute Gasteiger partial charge is 0.273 e. The van der Waals surface area contributed by atoms with E-state index in [-0.39, 0.29) is 0 Å². The fourth-order valence-electron chi connectivity index (χ4n) is 1.88. The van der Waals surface area contributed by atoms with Crippen molar-refractivity contribution in [1.82, 2.24) is 14.8 Å². The predicted molar refractivity (Wildman–Crippen MR) is 64.3 cm³/mol. The molecule has 0 amide bonds. The van der Waals surface area contributed by atoms with Gasteiger partial charge in [0.05, 0.1) is 0 Å². The molecule has 0 bridgehead atoms. The van der Waals surface area contributed by atoms with Gasteiger partial charge in [0.1, 0.15) is 0 Å². The highest BCUT2D eigenvalue weighted by molar-refractivity contribution is 5.21. The lowest BCUT2D eigenvalue weighted by Crippen LogP contribution is -2.04. The van der Waals surface area contributed by atoms with Crippen molar-refractivity contribution in [1.29, 1.82) is 0 Å². The predicted octanol–water partition coefficient (Wildman–Crippen LogP) is 2.47. The summed E-state index contributed by atoms with van der Waals surface area (Å²) in [4.78, 5) is 4.23. The molecule has 1 unspecified atom stereocenters. The van der Waals surface area contributed by atoms with Crippen LogP contribution in [0.1, 0.15) is 29.7 Å². The molecule has 0 saturated carbocycles. The second-order valence-electron chi connectivity index (χ2n) is 4.35. The van der Waals surface area contributed by atoms with Crippen LogP contribution in [0.3, 0.4) is 0 Å². The van der Waals surface area contributed by atoms with Gasteiger partial charge in [-0.15, -0.1) is 0 Å². The molecule has 0 aliphatic heterocycles. The number of hydrogen-bond acceptors (Lipinski definition) is 2. The monoisotopic (exact) mass is 215 g/mol. The summed E-state index contributed by atoms with van der Waals surface area (Å²) < 4.78 is 1.93. The molecule has 0 fully saturated rings. The molecule has 0 spiro atoms. The minimum atomic E-state index is 0.475. The first kappa shape index (κ1) is 10.9. The number of nitrogens with zero attached hydrogens (tertiary/aromatic N) is 3. The Hall–Kier alpha value is -1.64. The molecule has 3 nitrogen and oxygen atoms in total. The molecule has 0 aliphatic rings. The number of aromatic nitrogens is 3. The molecular formula is C13H17N3. The van der Waals surface area contributed by atoms with Crippen molar-refractivity contribution in [2.24, 2.45) is 7.05 Å². The van der Waals surface area contributed by atoms with E-state index in [1.165, 1.54) is 16.8 Å². The second kappa shape index (κ2) is 4.47. The van der Waals surface area contributed by atoms with E-state index in [1.54, 1.807) is 0 Å². The number of pyridine rings is 1. The van der Waals surface area contributed by atoms with Crippen molar-refractivity contribution in [3.05, 3.63) is 47.5 Å². The molecule has 2 rings (SSSR count). The molecule has 2 heterocycles. The van der Waals surface area contributed by atoms with Crippen molar-refractivity contribution >= 4 is 0 Å². The molecule has 16 heavy (non-hydrogen) atoms. The third-order valence-electron chi connectivity index (χ3n) is 2.90. The zero-order valence-electron chi connectivity index (χ0n) is 10.0. The maximum absolute atomic E-state index is 4.23. The van der Waals surface area contributed by atoms with Gasteiger partial charge < -0.3 is 0 Å². The van der Waals surface area contributed by atoms with Gasteiger partial charge in [0.2, 0.25) is 0 Å². The standard InChI is InChI=1S/C13H17N3/c1-10-6-12(9-14-8-10)11(2)7-13-4-5-15-16(13)3/h4-6,8-9,11H,7H2,1-3H3. The van der Waals surface area contributed by atoms with E-state index < -0.39 is 0 Å². The van der Waals surface area contributed by atoms with Crippen molar-refractivity contribution in [3.8, 4) is 0 Å². The van der Waals surface area contributed by atoms with Gasteiger partial charge in [0.15, 0.2) is 0 Å². The maximum Gasteiger partial charge on any atom is 0.0492 e. The van der Waals surface area contributed by atoms with Crippen LogP contribution in [-0.2, 0) is 13.5 Å². The number of hydrogen-bond donors (Lipinski definition) is 0. The van der Waals surface area contributed by atoms with Crippen LogP contribution >= 0.6 is 0 Å². The highest BCUT2D eigenvalue weighted by atomic mass is 15.2. The first-order valence-corrected chi connectivity index (χ1v) is 5.55. The Bertz CT molecular complexity index is 474. The fraction of sp³-hybridized carbons (Fsp3) is 0.385. The van der Waals surface area contributed by atoms with Crippen molar-refractivity contribution in [2.75, 3.05) is 0 Å². The fourth-order valence-corrected chi connectivity index (χ4v) is 1.88. The molecule has 0 aliphatic carbocycles. The van der Waals surface area contributed by atoms with Gasteiger partial charge in [-0.2, -0.15) is 5.10 Å². The Morgan fingerprint density at radius 2 is 2.19 bits per heavy atom. The van der Waals surface area contributed by atoms with Gasteiger partial charge in [-0.25, -0.2) is 0 Å². The van der Waals surface area contributed by atoms with E-state index in [4.69, 9.17) is 0 Å². The van der Waals surface area contributed by atoms with E-state index in [2.05, 4.69) is 36.1 Å². The summed E-state index contributed by atoms with van der Waals surface area (Å²) >= 11 is 0. The van der Waals surface area contributed by atoms with E-state index in [9.17, 15) is 0 Å². The normalized spacial score (nSPS) is 12.7. The van der Waals surface area contributed by atoms with Gasteiger partial charge in [-0.1, -0.05) is 13.0 Å². The van der Waals surface area contributed by atoms with Gasteiger partial charge in [-0.05, 0) is 36.5 Å². The third-order valence-corrected chi connectivity index (χ3v) is 2.90. The van der Waals surface area contributed by atoms with Crippen molar-refractivity contribution in [2.45, 2.75) is 26.2 Å². The lowest BCUT2D eigenvalue weighted by molar-refractivity contribution is 0.656. The van der Waals surface area contributed by atoms with E-state index in [0.717, 1.165) is 6.42 Å². The second-order valence-corrected chi connectivity index (χ2v) is 4.35. The topological polar surface area (TPSA) is 30.7 Å². The minimum absolute atomic E-state index is 0.475. The summed E-state index contributed by atoms with van der Waals surface area (Å²) in [5.41, 5.74) is 3.77. The summed E-state index contributed by atoms with van der Waals surface area (Å²) in [6.07, 6.45) is 6.69. The number of aryl methyl sites for hydroxylation is 2. The maximum atomic E-state index is 4.23. The van der Waals surface area contributed by atoms with E-state index in [0.29, 0.717) is 5.92 Å². The molecule has 0 aromatic carbocycles. The first-order chi connectivity index (χ1) is 7.66. The molecule has 1 atom stereocenters. The van der Waals surface area contributed by atoms with Crippen molar-refractivity contribution in [3.63, 3.8) is 0 Å². The van der Waals surface area contributed by atoms with Crippen LogP contribution in [0.2, 0.25) is 0 Å². The lowest BCUT2D eigenvalue weighted by Gasteiger charge is -2.12. The first-order valence-electron chi connectivity index (χ1n) is 5.55. The zero-order chi connectivity index (χ0) is 11.5. The molecule has 0 saturated heterocycles. The van der Waals surface area contributed by atoms with Gasteiger partial charge >= 0.3 is 0 Å².